The van der Waals surface area contributed by atoms with Crippen molar-refractivity contribution in [2.45, 2.75) is 27.0 Å². The summed E-state index contributed by atoms with van der Waals surface area (Å²) in [5, 5.41) is 0. The Balaban J connectivity index is 2.06. The first-order chi connectivity index (χ1) is 8.60. The molecule has 0 atom stereocenters. The maximum atomic E-state index is 12.9. The standard InChI is InChI=1S/C14H16FNO2/c1-9-5-11(15)3-4-13(9)17-8-12-6-10(2)14(7-16)18-12/h3-6H,7-8,16H2,1-2H3. The van der Waals surface area contributed by atoms with Gasteiger partial charge < -0.3 is 14.9 Å². The van der Waals surface area contributed by atoms with Crippen LogP contribution in [0.2, 0.25) is 0 Å². The summed E-state index contributed by atoms with van der Waals surface area (Å²) in [7, 11) is 0. The maximum absolute atomic E-state index is 12.9. The molecule has 2 aromatic rings. The zero-order chi connectivity index (χ0) is 13.1. The largest absolute Gasteiger partial charge is 0.485 e. The summed E-state index contributed by atoms with van der Waals surface area (Å²) in [5.74, 6) is 1.87. The highest BCUT2D eigenvalue weighted by Crippen LogP contribution is 2.21. The van der Waals surface area contributed by atoms with Crippen molar-refractivity contribution in [1.82, 2.24) is 0 Å². The predicted molar refractivity (Wildman–Crippen MR) is 66.8 cm³/mol. The highest BCUT2D eigenvalue weighted by molar-refractivity contribution is 5.32. The Kier molecular flexibility index (Phi) is 3.67. The molecule has 2 N–H and O–H groups in total. The Hall–Kier alpha value is -1.81. The Morgan fingerprint density at radius 1 is 1.22 bits per heavy atom. The summed E-state index contributed by atoms with van der Waals surface area (Å²) in [6, 6.07) is 6.33. The van der Waals surface area contributed by atoms with Crippen LogP contribution < -0.4 is 10.5 Å². The van der Waals surface area contributed by atoms with Gasteiger partial charge in [0.2, 0.25) is 0 Å². The minimum atomic E-state index is -0.265. The third-order valence-electron chi connectivity index (χ3n) is 2.76. The van der Waals surface area contributed by atoms with Gasteiger partial charge in [0.25, 0.3) is 0 Å². The van der Waals surface area contributed by atoms with Crippen molar-refractivity contribution in [3.05, 3.63) is 52.7 Å². The number of furan rings is 1. The molecule has 3 nitrogen and oxygen atoms in total. The van der Waals surface area contributed by atoms with Crippen molar-refractivity contribution >= 4 is 0 Å². The lowest BCUT2D eigenvalue weighted by Gasteiger charge is -2.07. The molecule has 0 aliphatic carbocycles. The molecular weight excluding hydrogens is 233 g/mol. The van der Waals surface area contributed by atoms with Crippen LogP contribution in [0.1, 0.15) is 22.6 Å². The highest BCUT2D eigenvalue weighted by atomic mass is 19.1. The summed E-state index contributed by atoms with van der Waals surface area (Å²) < 4.78 is 24.0. The molecule has 0 unspecified atom stereocenters. The van der Waals surface area contributed by atoms with E-state index in [-0.39, 0.29) is 5.82 Å². The number of aryl methyl sites for hydroxylation is 2. The lowest BCUT2D eigenvalue weighted by molar-refractivity contribution is 0.264. The number of hydrogen-bond donors (Lipinski definition) is 1. The molecule has 1 aromatic heterocycles. The molecule has 4 heteroatoms. The van der Waals surface area contributed by atoms with Gasteiger partial charge in [-0.05, 0) is 49.2 Å². The third-order valence-corrected chi connectivity index (χ3v) is 2.76. The van der Waals surface area contributed by atoms with Crippen LogP contribution in [0.5, 0.6) is 5.75 Å². The topological polar surface area (TPSA) is 48.4 Å². The van der Waals surface area contributed by atoms with E-state index in [1.54, 1.807) is 13.0 Å². The van der Waals surface area contributed by atoms with Gasteiger partial charge in [-0.1, -0.05) is 0 Å². The molecular formula is C14H16FNO2. The van der Waals surface area contributed by atoms with Crippen molar-refractivity contribution in [3.63, 3.8) is 0 Å². The average Bonchev–Trinajstić information content (AvgIpc) is 2.69. The number of hydrogen-bond acceptors (Lipinski definition) is 3. The van der Waals surface area contributed by atoms with Crippen LogP contribution in [0.25, 0.3) is 0 Å². The molecule has 96 valence electrons. The Labute approximate surface area is 105 Å². The van der Waals surface area contributed by atoms with E-state index in [0.717, 1.165) is 22.6 Å². The number of ether oxygens (including phenoxy) is 1. The Bertz CT molecular complexity index is 549. The molecule has 0 bridgehead atoms. The van der Waals surface area contributed by atoms with Crippen molar-refractivity contribution in [2.75, 3.05) is 0 Å². The van der Waals surface area contributed by atoms with Gasteiger partial charge >= 0.3 is 0 Å². The van der Waals surface area contributed by atoms with Gasteiger partial charge in [0.15, 0.2) is 0 Å². The molecule has 0 saturated heterocycles. The minimum absolute atomic E-state index is 0.265. The van der Waals surface area contributed by atoms with Crippen LogP contribution in [-0.4, -0.2) is 0 Å². The van der Waals surface area contributed by atoms with E-state index in [0.29, 0.717) is 18.9 Å². The monoisotopic (exact) mass is 249 g/mol. The molecule has 0 spiro atoms. The van der Waals surface area contributed by atoms with Gasteiger partial charge in [0.1, 0.15) is 29.7 Å². The Morgan fingerprint density at radius 2 is 2.00 bits per heavy atom. The van der Waals surface area contributed by atoms with E-state index in [9.17, 15) is 4.39 Å². The first-order valence-electron chi connectivity index (χ1n) is 5.77. The second kappa shape index (κ2) is 5.23. The van der Waals surface area contributed by atoms with Gasteiger partial charge in [-0.25, -0.2) is 4.39 Å². The zero-order valence-electron chi connectivity index (χ0n) is 10.5. The molecule has 2 rings (SSSR count). The molecule has 0 fully saturated rings. The van der Waals surface area contributed by atoms with Crippen LogP contribution in [0.3, 0.4) is 0 Å². The predicted octanol–water partition coefficient (Wildman–Crippen LogP) is 3.07. The van der Waals surface area contributed by atoms with Crippen LogP contribution in [0.4, 0.5) is 4.39 Å². The number of halogens is 1. The summed E-state index contributed by atoms with van der Waals surface area (Å²) in [5.41, 5.74) is 7.32. The fraction of sp³-hybridized carbons (Fsp3) is 0.286. The number of nitrogens with two attached hydrogens (primary N) is 1. The summed E-state index contributed by atoms with van der Waals surface area (Å²) in [6.07, 6.45) is 0. The van der Waals surface area contributed by atoms with Crippen molar-refractivity contribution in [1.29, 1.82) is 0 Å². The first kappa shape index (κ1) is 12.6. The summed E-state index contributed by atoms with van der Waals surface area (Å²) in [6.45, 7) is 4.43. The second-order valence-electron chi connectivity index (χ2n) is 4.22. The highest BCUT2D eigenvalue weighted by Gasteiger charge is 2.07. The molecule has 1 aromatic carbocycles. The zero-order valence-corrected chi connectivity index (χ0v) is 10.5. The second-order valence-corrected chi connectivity index (χ2v) is 4.22. The normalized spacial score (nSPS) is 10.7. The van der Waals surface area contributed by atoms with Gasteiger partial charge in [-0.15, -0.1) is 0 Å². The number of rotatable bonds is 4. The van der Waals surface area contributed by atoms with Crippen LogP contribution in [-0.2, 0) is 13.2 Å². The minimum Gasteiger partial charge on any atom is -0.485 e. The fourth-order valence-corrected chi connectivity index (χ4v) is 1.79. The molecule has 0 saturated carbocycles. The van der Waals surface area contributed by atoms with Crippen LogP contribution in [0.15, 0.2) is 28.7 Å². The quantitative estimate of drug-likeness (QED) is 0.905. The lowest BCUT2D eigenvalue weighted by atomic mass is 10.2. The van der Waals surface area contributed by atoms with Crippen LogP contribution in [0, 0.1) is 19.7 Å². The number of benzene rings is 1. The molecule has 1 heterocycles. The first-order valence-corrected chi connectivity index (χ1v) is 5.77. The van der Waals surface area contributed by atoms with Crippen molar-refractivity contribution in [3.8, 4) is 5.75 Å². The van der Waals surface area contributed by atoms with Crippen LogP contribution >= 0.6 is 0 Å². The van der Waals surface area contributed by atoms with Gasteiger partial charge in [-0.3, -0.25) is 0 Å². The average molecular weight is 249 g/mol. The van der Waals surface area contributed by atoms with E-state index in [4.69, 9.17) is 14.9 Å². The molecule has 18 heavy (non-hydrogen) atoms. The molecule has 0 aliphatic rings. The smallest absolute Gasteiger partial charge is 0.146 e. The van der Waals surface area contributed by atoms with E-state index >= 15 is 0 Å². The SMILES string of the molecule is Cc1cc(F)ccc1OCc1cc(C)c(CN)o1. The van der Waals surface area contributed by atoms with Crippen molar-refractivity contribution < 1.29 is 13.5 Å². The van der Waals surface area contributed by atoms with E-state index in [1.807, 2.05) is 13.0 Å². The van der Waals surface area contributed by atoms with Gasteiger partial charge in [0, 0.05) is 0 Å². The molecule has 0 aliphatic heterocycles. The summed E-state index contributed by atoms with van der Waals surface area (Å²) >= 11 is 0. The molecule has 0 amide bonds. The van der Waals surface area contributed by atoms with Gasteiger partial charge in [-0.2, -0.15) is 0 Å². The molecule has 0 radical (unpaired) electrons. The fourth-order valence-electron chi connectivity index (χ4n) is 1.79. The summed E-state index contributed by atoms with van der Waals surface area (Å²) in [4.78, 5) is 0. The third kappa shape index (κ3) is 2.71. The Morgan fingerprint density at radius 3 is 2.61 bits per heavy atom. The maximum Gasteiger partial charge on any atom is 0.146 e. The van der Waals surface area contributed by atoms with E-state index < -0.39 is 0 Å². The van der Waals surface area contributed by atoms with Gasteiger partial charge in [0.05, 0.1) is 6.54 Å². The lowest BCUT2D eigenvalue weighted by Crippen LogP contribution is -1.97. The van der Waals surface area contributed by atoms with E-state index in [1.165, 1.54) is 12.1 Å². The van der Waals surface area contributed by atoms with E-state index in [2.05, 4.69) is 0 Å². The van der Waals surface area contributed by atoms with Crippen molar-refractivity contribution in [2.24, 2.45) is 5.73 Å².